The molecule has 0 bridgehead atoms. The molecule has 1 amide bonds. The number of hydrogen-bond donors (Lipinski definition) is 2. The minimum absolute atomic E-state index is 0.0544. The second-order valence-electron chi connectivity index (χ2n) is 10.7. The molecule has 7 heteroatoms. The SMILES string of the molecule is CCc1cccc(CN(C[C@@H](O)[C@@H](N)Cc2cc(F)cc(F)c2)C(=O)c2cccc3c2OC(C)(C)CC3)c1. The minimum atomic E-state index is -1.13. The van der Waals surface area contributed by atoms with E-state index in [0.29, 0.717) is 16.9 Å². The molecule has 38 heavy (non-hydrogen) atoms. The minimum Gasteiger partial charge on any atom is -0.487 e. The van der Waals surface area contributed by atoms with Gasteiger partial charge in [-0.15, -0.1) is 0 Å². The standard InChI is InChI=1S/C31H36F2N2O3/c1-4-20-7-5-8-21(13-20)18-35(19-28(36)27(34)16-22-14-24(32)17-25(33)15-22)30(37)26-10-6-9-23-11-12-31(2,3)38-29(23)26/h5-10,13-15,17,27-28,36H,4,11-12,16,18-19,34H2,1-3H3/t27-,28+/m0/s1. The summed E-state index contributed by atoms with van der Waals surface area (Å²) in [7, 11) is 0. The van der Waals surface area contributed by atoms with E-state index in [1.165, 1.54) is 12.1 Å². The molecule has 0 aliphatic carbocycles. The number of fused-ring (bicyclic) bond motifs is 1. The molecule has 0 fully saturated rings. The summed E-state index contributed by atoms with van der Waals surface area (Å²) in [6.45, 7) is 6.28. The Bertz CT molecular complexity index is 1270. The number of aliphatic hydroxyl groups excluding tert-OH is 1. The number of benzene rings is 3. The Labute approximate surface area is 223 Å². The van der Waals surface area contributed by atoms with Gasteiger partial charge in [0.15, 0.2) is 0 Å². The van der Waals surface area contributed by atoms with E-state index >= 15 is 0 Å². The maximum atomic E-state index is 14.0. The zero-order chi connectivity index (χ0) is 27.4. The van der Waals surface area contributed by atoms with Crippen molar-refractivity contribution in [1.29, 1.82) is 0 Å². The summed E-state index contributed by atoms with van der Waals surface area (Å²) in [5, 5.41) is 11.0. The van der Waals surface area contributed by atoms with Gasteiger partial charge in [0.1, 0.15) is 23.0 Å². The van der Waals surface area contributed by atoms with E-state index < -0.39 is 29.4 Å². The van der Waals surface area contributed by atoms with Gasteiger partial charge in [-0.25, -0.2) is 8.78 Å². The largest absolute Gasteiger partial charge is 0.487 e. The fraction of sp³-hybridized carbons (Fsp3) is 0.387. The monoisotopic (exact) mass is 522 g/mol. The van der Waals surface area contributed by atoms with Crippen LogP contribution in [0.15, 0.2) is 60.7 Å². The summed E-state index contributed by atoms with van der Waals surface area (Å²) in [5.41, 5.74) is 9.70. The summed E-state index contributed by atoms with van der Waals surface area (Å²) in [4.78, 5) is 15.6. The fourth-order valence-electron chi connectivity index (χ4n) is 4.89. The molecule has 4 rings (SSSR count). The average Bonchev–Trinajstić information content (AvgIpc) is 2.86. The molecule has 5 nitrogen and oxygen atoms in total. The van der Waals surface area contributed by atoms with Crippen LogP contribution >= 0.6 is 0 Å². The molecule has 3 N–H and O–H groups in total. The number of para-hydroxylation sites is 1. The number of aliphatic hydroxyl groups is 1. The van der Waals surface area contributed by atoms with Crippen LogP contribution in [-0.4, -0.2) is 40.2 Å². The van der Waals surface area contributed by atoms with Crippen LogP contribution in [0.2, 0.25) is 0 Å². The lowest BCUT2D eigenvalue weighted by molar-refractivity contribution is 0.0526. The number of nitrogens with two attached hydrogens (primary N) is 1. The Morgan fingerprint density at radius 3 is 2.45 bits per heavy atom. The second-order valence-corrected chi connectivity index (χ2v) is 10.7. The van der Waals surface area contributed by atoms with Gasteiger partial charge in [-0.2, -0.15) is 0 Å². The topological polar surface area (TPSA) is 75.8 Å². The lowest BCUT2D eigenvalue weighted by atomic mass is 9.92. The molecule has 0 aromatic heterocycles. The normalized spacial score (nSPS) is 15.8. The van der Waals surface area contributed by atoms with Crippen LogP contribution in [-0.2, 0) is 25.8 Å². The Balaban J connectivity index is 1.61. The Hall–Kier alpha value is -3.29. The van der Waals surface area contributed by atoms with Gasteiger partial charge >= 0.3 is 0 Å². The molecule has 0 radical (unpaired) electrons. The third kappa shape index (κ3) is 6.77. The van der Waals surface area contributed by atoms with Crippen molar-refractivity contribution in [2.24, 2.45) is 5.73 Å². The van der Waals surface area contributed by atoms with Gasteiger partial charge in [-0.05, 0) is 80.0 Å². The molecule has 1 aliphatic rings. The van der Waals surface area contributed by atoms with Gasteiger partial charge in [0.2, 0.25) is 0 Å². The van der Waals surface area contributed by atoms with E-state index in [-0.39, 0.29) is 25.4 Å². The third-order valence-electron chi connectivity index (χ3n) is 7.06. The molecule has 3 aromatic carbocycles. The molecule has 202 valence electrons. The zero-order valence-electron chi connectivity index (χ0n) is 22.2. The van der Waals surface area contributed by atoms with Crippen molar-refractivity contribution in [2.45, 2.75) is 70.7 Å². The maximum absolute atomic E-state index is 14.0. The van der Waals surface area contributed by atoms with Crippen molar-refractivity contribution < 1.29 is 23.4 Å². The van der Waals surface area contributed by atoms with Crippen molar-refractivity contribution in [3.05, 3.63) is 100 Å². The van der Waals surface area contributed by atoms with Gasteiger partial charge in [-0.3, -0.25) is 4.79 Å². The predicted molar refractivity (Wildman–Crippen MR) is 144 cm³/mol. The first-order valence-electron chi connectivity index (χ1n) is 13.1. The number of hydrogen-bond acceptors (Lipinski definition) is 4. The molecule has 0 saturated heterocycles. The van der Waals surface area contributed by atoms with Crippen LogP contribution in [0.1, 0.15) is 59.8 Å². The molecule has 0 spiro atoms. The molecular weight excluding hydrogens is 486 g/mol. The molecule has 1 aliphatic heterocycles. The number of carbonyl (C=O) groups is 1. The third-order valence-corrected chi connectivity index (χ3v) is 7.06. The predicted octanol–water partition coefficient (Wildman–Crippen LogP) is 5.20. The number of rotatable bonds is 9. The number of amides is 1. The van der Waals surface area contributed by atoms with Crippen molar-refractivity contribution in [2.75, 3.05) is 6.54 Å². The molecule has 0 unspecified atom stereocenters. The first-order valence-corrected chi connectivity index (χ1v) is 13.1. The van der Waals surface area contributed by atoms with Crippen LogP contribution in [0, 0.1) is 11.6 Å². The smallest absolute Gasteiger partial charge is 0.258 e. The summed E-state index contributed by atoms with van der Waals surface area (Å²) >= 11 is 0. The number of aryl methyl sites for hydroxylation is 2. The highest BCUT2D eigenvalue weighted by Gasteiger charge is 2.32. The van der Waals surface area contributed by atoms with E-state index in [0.717, 1.165) is 42.0 Å². The van der Waals surface area contributed by atoms with Crippen LogP contribution in [0.25, 0.3) is 0 Å². The van der Waals surface area contributed by atoms with Crippen LogP contribution in [0.5, 0.6) is 5.75 Å². The lowest BCUT2D eigenvalue weighted by Gasteiger charge is -2.35. The summed E-state index contributed by atoms with van der Waals surface area (Å²) in [6.07, 6.45) is 1.44. The number of halogens is 2. The van der Waals surface area contributed by atoms with Gasteiger partial charge in [0.05, 0.1) is 11.7 Å². The van der Waals surface area contributed by atoms with E-state index in [2.05, 4.69) is 6.92 Å². The van der Waals surface area contributed by atoms with Crippen LogP contribution < -0.4 is 10.5 Å². The first kappa shape index (κ1) is 27.7. The average molecular weight is 523 g/mol. The van der Waals surface area contributed by atoms with E-state index in [1.807, 2.05) is 50.2 Å². The first-order chi connectivity index (χ1) is 18.0. The number of carbonyl (C=O) groups excluding carboxylic acids is 1. The Kier molecular flexibility index (Phi) is 8.48. The van der Waals surface area contributed by atoms with Crippen molar-refractivity contribution >= 4 is 5.91 Å². The quantitative estimate of drug-likeness (QED) is 0.405. The zero-order valence-corrected chi connectivity index (χ0v) is 22.2. The highest BCUT2D eigenvalue weighted by molar-refractivity contribution is 5.97. The lowest BCUT2D eigenvalue weighted by Crippen LogP contribution is -2.46. The maximum Gasteiger partial charge on any atom is 0.258 e. The van der Waals surface area contributed by atoms with E-state index in [4.69, 9.17) is 10.5 Å². The van der Waals surface area contributed by atoms with Crippen molar-refractivity contribution in [3.8, 4) is 5.75 Å². The summed E-state index contributed by atoms with van der Waals surface area (Å²) in [6, 6.07) is 15.9. The molecular formula is C31H36F2N2O3. The highest BCUT2D eigenvalue weighted by Crippen LogP contribution is 2.36. The van der Waals surface area contributed by atoms with Crippen molar-refractivity contribution in [1.82, 2.24) is 4.90 Å². The van der Waals surface area contributed by atoms with Gasteiger partial charge in [0.25, 0.3) is 5.91 Å². The van der Waals surface area contributed by atoms with E-state index in [9.17, 15) is 18.7 Å². The summed E-state index contributed by atoms with van der Waals surface area (Å²) < 4.78 is 33.6. The molecule has 0 saturated carbocycles. The fourth-order valence-corrected chi connectivity index (χ4v) is 4.89. The van der Waals surface area contributed by atoms with Gasteiger partial charge in [0, 0.05) is 25.2 Å². The molecule has 2 atom stereocenters. The molecule has 3 aromatic rings. The second kappa shape index (κ2) is 11.6. The number of nitrogens with zero attached hydrogens (tertiary/aromatic N) is 1. The van der Waals surface area contributed by atoms with Crippen LogP contribution in [0.4, 0.5) is 8.78 Å². The van der Waals surface area contributed by atoms with Crippen molar-refractivity contribution in [3.63, 3.8) is 0 Å². The van der Waals surface area contributed by atoms with Gasteiger partial charge < -0.3 is 20.5 Å². The highest BCUT2D eigenvalue weighted by atomic mass is 19.1. The van der Waals surface area contributed by atoms with Gasteiger partial charge in [-0.1, -0.05) is 43.3 Å². The van der Waals surface area contributed by atoms with E-state index in [1.54, 1.807) is 11.0 Å². The molecule has 1 heterocycles. The Morgan fingerprint density at radius 1 is 1.05 bits per heavy atom. The number of ether oxygens (including phenoxy) is 1. The Morgan fingerprint density at radius 2 is 1.74 bits per heavy atom. The van der Waals surface area contributed by atoms with Crippen LogP contribution in [0.3, 0.4) is 0 Å². The summed E-state index contributed by atoms with van der Waals surface area (Å²) in [5.74, 6) is -1.10.